The molecule has 0 heterocycles. The number of carboxylic acid groups (broad SMARTS) is 1. The zero-order chi connectivity index (χ0) is 15.1. The van der Waals surface area contributed by atoms with Gasteiger partial charge in [-0.3, -0.25) is 0 Å². The molecule has 0 saturated heterocycles. The van der Waals surface area contributed by atoms with E-state index in [1.165, 1.54) is 24.3 Å². The van der Waals surface area contributed by atoms with Gasteiger partial charge in [-0.25, -0.2) is 9.59 Å². The van der Waals surface area contributed by atoms with Crippen LogP contribution in [0.1, 0.15) is 20.7 Å². The second kappa shape index (κ2) is 7.09. The van der Waals surface area contributed by atoms with E-state index in [1.807, 2.05) is 30.3 Å². The maximum Gasteiger partial charge on any atom is 0.338 e. The van der Waals surface area contributed by atoms with Crippen LogP contribution in [0.5, 0.6) is 5.75 Å². The third-order valence-electron chi connectivity index (χ3n) is 2.70. The van der Waals surface area contributed by atoms with Crippen LogP contribution in [0.4, 0.5) is 0 Å². The van der Waals surface area contributed by atoms with Crippen molar-refractivity contribution < 1.29 is 24.2 Å². The summed E-state index contributed by atoms with van der Waals surface area (Å²) in [5, 5.41) is 8.76. The first-order valence-electron chi connectivity index (χ1n) is 6.35. The van der Waals surface area contributed by atoms with Crippen molar-refractivity contribution in [2.75, 3.05) is 13.2 Å². The number of esters is 1. The SMILES string of the molecule is O=C(O)c1ccc(C(=O)OCCOc2ccccc2)cc1. The third kappa shape index (κ3) is 4.35. The number of aromatic carboxylic acids is 1. The van der Waals surface area contributed by atoms with E-state index >= 15 is 0 Å². The maximum atomic E-state index is 11.7. The van der Waals surface area contributed by atoms with Crippen molar-refractivity contribution in [2.24, 2.45) is 0 Å². The summed E-state index contributed by atoms with van der Waals surface area (Å²) in [6.45, 7) is 0.372. The van der Waals surface area contributed by atoms with Gasteiger partial charge in [-0.15, -0.1) is 0 Å². The fourth-order valence-electron chi connectivity index (χ4n) is 1.64. The highest BCUT2D eigenvalue weighted by atomic mass is 16.6. The molecule has 5 heteroatoms. The fourth-order valence-corrected chi connectivity index (χ4v) is 1.64. The summed E-state index contributed by atoms with van der Waals surface area (Å²) >= 11 is 0. The smallest absolute Gasteiger partial charge is 0.338 e. The average Bonchev–Trinajstić information content (AvgIpc) is 2.52. The van der Waals surface area contributed by atoms with Crippen molar-refractivity contribution in [3.63, 3.8) is 0 Å². The molecule has 5 nitrogen and oxygen atoms in total. The highest BCUT2D eigenvalue weighted by Crippen LogP contribution is 2.09. The summed E-state index contributed by atoms with van der Waals surface area (Å²) in [6, 6.07) is 14.8. The molecule has 21 heavy (non-hydrogen) atoms. The Labute approximate surface area is 121 Å². The maximum absolute atomic E-state index is 11.7. The van der Waals surface area contributed by atoms with Crippen LogP contribution in [-0.2, 0) is 4.74 Å². The quantitative estimate of drug-likeness (QED) is 0.652. The van der Waals surface area contributed by atoms with Crippen LogP contribution in [0.2, 0.25) is 0 Å². The zero-order valence-electron chi connectivity index (χ0n) is 11.2. The van der Waals surface area contributed by atoms with Gasteiger partial charge in [-0.05, 0) is 36.4 Å². The number of hydrogen-bond donors (Lipinski definition) is 1. The van der Waals surface area contributed by atoms with E-state index in [1.54, 1.807) is 0 Å². The van der Waals surface area contributed by atoms with Gasteiger partial charge in [0.1, 0.15) is 19.0 Å². The molecular formula is C16H14O5. The Morgan fingerprint density at radius 2 is 1.48 bits per heavy atom. The summed E-state index contributed by atoms with van der Waals surface area (Å²) in [4.78, 5) is 22.4. The Balaban J connectivity index is 1.78. The molecule has 0 spiro atoms. The summed E-state index contributed by atoms with van der Waals surface area (Å²) in [7, 11) is 0. The second-order valence-electron chi connectivity index (χ2n) is 4.18. The van der Waals surface area contributed by atoms with Crippen LogP contribution in [-0.4, -0.2) is 30.3 Å². The van der Waals surface area contributed by atoms with Crippen LogP contribution in [0.3, 0.4) is 0 Å². The van der Waals surface area contributed by atoms with Gasteiger partial charge in [-0.2, -0.15) is 0 Å². The molecule has 0 atom stereocenters. The van der Waals surface area contributed by atoms with E-state index in [0.29, 0.717) is 11.3 Å². The topological polar surface area (TPSA) is 72.8 Å². The average molecular weight is 286 g/mol. The lowest BCUT2D eigenvalue weighted by Crippen LogP contribution is -2.12. The van der Waals surface area contributed by atoms with Gasteiger partial charge in [0.05, 0.1) is 11.1 Å². The molecule has 108 valence electrons. The van der Waals surface area contributed by atoms with Crippen LogP contribution in [0, 0.1) is 0 Å². The molecule has 0 aliphatic heterocycles. The van der Waals surface area contributed by atoms with E-state index in [4.69, 9.17) is 14.6 Å². The van der Waals surface area contributed by atoms with Crippen molar-refractivity contribution in [2.45, 2.75) is 0 Å². The van der Waals surface area contributed by atoms with E-state index in [0.717, 1.165) is 0 Å². The molecule has 0 aliphatic carbocycles. The van der Waals surface area contributed by atoms with Gasteiger partial charge in [-0.1, -0.05) is 18.2 Å². The summed E-state index contributed by atoms with van der Waals surface area (Å²) in [6.07, 6.45) is 0. The van der Waals surface area contributed by atoms with Crippen LogP contribution in [0.15, 0.2) is 54.6 Å². The summed E-state index contributed by atoms with van der Waals surface area (Å²) in [5.74, 6) is -0.839. The molecule has 0 aliphatic rings. The predicted octanol–water partition coefficient (Wildman–Crippen LogP) is 2.62. The molecule has 0 bridgehead atoms. The van der Waals surface area contributed by atoms with Crippen molar-refractivity contribution >= 4 is 11.9 Å². The first-order chi connectivity index (χ1) is 10.2. The van der Waals surface area contributed by atoms with Crippen molar-refractivity contribution in [1.82, 2.24) is 0 Å². The molecule has 0 aromatic heterocycles. The Morgan fingerprint density at radius 1 is 0.857 bits per heavy atom. The molecule has 1 N–H and O–H groups in total. The van der Waals surface area contributed by atoms with Crippen LogP contribution in [0.25, 0.3) is 0 Å². The molecule has 0 amide bonds. The number of rotatable bonds is 6. The van der Waals surface area contributed by atoms with E-state index in [9.17, 15) is 9.59 Å². The van der Waals surface area contributed by atoms with Gasteiger partial charge in [0.2, 0.25) is 0 Å². The Hall–Kier alpha value is -2.82. The van der Waals surface area contributed by atoms with Gasteiger partial charge >= 0.3 is 11.9 Å². The minimum atomic E-state index is -1.04. The molecule has 0 unspecified atom stereocenters. The number of benzene rings is 2. The van der Waals surface area contributed by atoms with Crippen molar-refractivity contribution in [1.29, 1.82) is 0 Å². The molecule has 2 aromatic rings. The van der Waals surface area contributed by atoms with Gasteiger partial charge < -0.3 is 14.6 Å². The summed E-state index contributed by atoms with van der Waals surface area (Å²) < 4.78 is 10.4. The predicted molar refractivity (Wildman–Crippen MR) is 75.6 cm³/mol. The molecule has 2 rings (SSSR count). The molecule has 0 fully saturated rings. The zero-order valence-corrected chi connectivity index (χ0v) is 11.2. The lowest BCUT2D eigenvalue weighted by Gasteiger charge is -2.07. The number of carbonyl (C=O) groups is 2. The normalized spacial score (nSPS) is 9.90. The highest BCUT2D eigenvalue weighted by molar-refractivity contribution is 5.92. The van der Waals surface area contributed by atoms with Gasteiger partial charge in [0.15, 0.2) is 0 Å². The van der Waals surface area contributed by atoms with Crippen LogP contribution < -0.4 is 4.74 Å². The monoisotopic (exact) mass is 286 g/mol. The molecular weight excluding hydrogens is 272 g/mol. The first-order valence-corrected chi connectivity index (χ1v) is 6.35. The fraction of sp³-hybridized carbons (Fsp3) is 0.125. The minimum absolute atomic E-state index is 0.119. The van der Waals surface area contributed by atoms with Gasteiger partial charge in [0, 0.05) is 0 Å². The van der Waals surface area contributed by atoms with Crippen LogP contribution >= 0.6 is 0 Å². The number of ether oxygens (including phenoxy) is 2. The van der Waals surface area contributed by atoms with E-state index in [2.05, 4.69) is 0 Å². The number of carbonyl (C=O) groups excluding carboxylic acids is 1. The standard InChI is InChI=1S/C16H14O5/c17-15(18)12-6-8-13(9-7-12)16(19)21-11-10-20-14-4-2-1-3-5-14/h1-9H,10-11H2,(H,17,18). The molecule has 2 aromatic carbocycles. The third-order valence-corrected chi connectivity index (χ3v) is 2.70. The van der Waals surface area contributed by atoms with Crippen molar-refractivity contribution in [3.8, 4) is 5.75 Å². The van der Waals surface area contributed by atoms with Crippen molar-refractivity contribution in [3.05, 3.63) is 65.7 Å². The molecule has 0 saturated carbocycles. The lowest BCUT2D eigenvalue weighted by molar-refractivity contribution is 0.0449. The van der Waals surface area contributed by atoms with Gasteiger partial charge in [0.25, 0.3) is 0 Å². The number of hydrogen-bond acceptors (Lipinski definition) is 4. The highest BCUT2D eigenvalue weighted by Gasteiger charge is 2.08. The number of para-hydroxylation sites is 1. The summed E-state index contributed by atoms with van der Waals surface area (Å²) in [5.41, 5.74) is 0.429. The Morgan fingerprint density at radius 3 is 2.10 bits per heavy atom. The molecule has 0 radical (unpaired) electrons. The Kier molecular flexibility index (Phi) is 4.93. The van der Waals surface area contributed by atoms with E-state index in [-0.39, 0.29) is 18.8 Å². The van der Waals surface area contributed by atoms with E-state index < -0.39 is 11.9 Å². The first kappa shape index (κ1) is 14.6. The number of carboxylic acids is 1. The largest absolute Gasteiger partial charge is 0.490 e. The Bertz CT molecular complexity index is 604. The minimum Gasteiger partial charge on any atom is -0.490 e. The lowest BCUT2D eigenvalue weighted by atomic mass is 10.1. The second-order valence-corrected chi connectivity index (χ2v) is 4.18.